The maximum Gasteiger partial charge on any atom is 0.150 e. The van der Waals surface area contributed by atoms with Crippen molar-refractivity contribution in [1.82, 2.24) is 9.78 Å². The predicted molar refractivity (Wildman–Crippen MR) is 63.7 cm³/mol. The summed E-state index contributed by atoms with van der Waals surface area (Å²) in [5.74, 6) is 0. The van der Waals surface area contributed by atoms with Crippen molar-refractivity contribution in [2.45, 2.75) is 13.5 Å². The highest BCUT2D eigenvalue weighted by Gasteiger charge is 2.06. The maximum absolute atomic E-state index is 10.6. The summed E-state index contributed by atoms with van der Waals surface area (Å²) in [5.41, 5.74) is 2.44. The Kier molecular flexibility index (Phi) is 3.06. The second-order valence-electron chi connectivity index (χ2n) is 3.44. The Labute approximate surface area is 98.7 Å². The topological polar surface area (TPSA) is 34.9 Å². The minimum atomic E-state index is 0.570. The third kappa shape index (κ3) is 1.99. The summed E-state index contributed by atoms with van der Waals surface area (Å²) in [5, 5.41) is 4.75. The van der Waals surface area contributed by atoms with Crippen LogP contribution in [0.3, 0.4) is 0 Å². The number of hydrogen-bond acceptors (Lipinski definition) is 2. The molecule has 2 rings (SSSR count). The van der Waals surface area contributed by atoms with E-state index in [1.807, 2.05) is 23.9 Å². The number of carbonyl (C=O) groups excluding carboxylic acids is 1. The van der Waals surface area contributed by atoms with Gasteiger partial charge in [0.05, 0.1) is 6.20 Å². The summed E-state index contributed by atoms with van der Waals surface area (Å²) in [6, 6.07) is 5.24. The lowest BCUT2D eigenvalue weighted by atomic mass is 10.1. The van der Waals surface area contributed by atoms with Gasteiger partial charge < -0.3 is 0 Å². The minimum absolute atomic E-state index is 0.570. The van der Waals surface area contributed by atoms with E-state index >= 15 is 0 Å². The van der Waals surface area contributed by atoms with E-state index < -0.39 is 0 Å². The van der Waals surface area contributed by atoms with Crippen LogP contribution in [0.1, 0.15) is 17.3 Å². The van der Waals surface area contributed by atoms with Crippen LogP contribution in [0.15, 0.2) is 30.6 Å². The largest absolute Gasteiger partial charge is 0.298 e. The van der Waals surface area contributed by atoms with Crippen LogP contribution in [0.5, 0.6) is 0 Å². The molecule has 0 bridgehead atoms. The van der Waals surface area contributed by atoms with Crippen LogP contribution >= 0.6 is 11.6 Å². The highest BCUT2D eigenvalue weighted by atomic mass is 35.5. The summed E-state index contributed by atoms with van der Waals surface area (Å²) in [6.45, 7) is 2.85. The fourth-order valence-electron chi connectivity index (χ4n) is 1.51. The Bertz CT molecular complexity index is 519. The van der Waals surface area contributed by atoms with Crippen molar-refractivity contribution in [2.24, 2.45) is 0 Å². The summed E-state index contributed by atoms with van der Waals surface area (Å²) in [7, 11) is 0. The van der Waals surface area contributed by atoms with Gasteiger partial charge in [0.25, 0.3) is 0 Å². The van der Waals surface area contributed by atoms with E-state index in [9.17, 15) is 4.79 Å². The van der Waals surface area contributed by atoms with Crippen molar-refractivity contribution in [3.8, 4) is 11.1 Å². The Balaban J connectivity index is 2.43. The summed E-state index contributed by atoms with van der Waals surface area (Å²) < 4.78 is 1.83. The molecule has 3 nitrogen and oxygen atoms in total. The molecule has 0 amide bonds. The average Bonchev–Trinajstić information content (AvgIpc) is 2.77. The van der Waals surface area contributed by atoms with Crippen molar-refractivity contribution >= 4 is 17.9 Å². The third-order valence-corrected chi connectivity index (χ3v) is 2.71. The van der Waals surface area contributed by atoms with E-state index in [1.54, 1.807) is 18.3 Å². The zero-order valence-corrected chi connectivity index (χ0v) is 9.61. The van der Waals surface area contributed by atoms with Crippen molar-refractivity contribution < 1.29 is 4.79 Å². The van der Waals surface area contributed by atoms with Crippen LogP contribution < -0.4 is 0 Å². The van der Waals surface area contributed by atoms with Gasteiger partial charge in [-0.15, -0.1) is 0 Å². The molecule has 2 aromatic rings. The van der Waals surface area contributed by atoms with E-state index in [4.69, 9.17) is 11.6 Å². The van der Waals surface area contributed by atoms with Gasteiger partial charge in [-0.05, 0) is 13.0 Å². The van der Waals surface area contributed by atoms with E-state index in [0.29, 0.717) is 10.6 Å². The summed E-state index contributed by atoms with van der Waals surface area (Å²) >= 11 is 6.10. The van der Waals surface area contributed by atoms with Gasteiger partial charge in [0, 0.05) is 34.5 Å². The molecule has 4 heteroatoms. The first kappa shape index (κ1) is 10.9. The van der Waals surface area contributed by atoms with Crippen molar-refractivity contribution in [3.05, 3.63) is 41.2 Å². The van der Waals surface area contributed by atoms with Crippen LogP contribution in [0.2, 0.25) is 5.02 Å². The predicted octanol–water partition coefficient (Wildman–Crippen LogP) is 3.04. The Hall–Kier alpha value is -1.61. The van der Waals surface area contributed by atoms with Gasteiger partial charge in [0.2, 0.25) is 0 Å². The summed E-state index contributed by atoms with van der Waals surface area (Å²) in [6.07, 6.45) is 4.48. The molecule has 0 aliphatic carbocycles. The van der Waals surface area contributed by atoms with Gasteiger partial charge in [0.15, 0.2) is 0 Å². The number of benzene rings is 1. The number of aromatic nitrogens is 2. The molecule has 16 heavy (non-hydrogen) atoms. The molecule has 1 heterocycles. The van der Waals surface area contributed by atoms with Crippen molar-refractivity contribution in [3.63, 3.8) is 0 Å². The second-order valence-corrected chi connectivity index (χ2v) is 3.85. The summed E-state index contributed by atoms with van der Waals surface area (Å²) in [4.78, 5) is 10.6. The molecular formula is C12H11ClN2O. The number of aryl methyl sites for hydroxylation is 1. The average molecular weight is 235 g/mol. The number of aldehydes is 1. The molecule has 0 aliphatic rings. The lowest BCUT2D eigenvalue weighted by molar-refractivity contribution is 0.112. The van der Waals surface area contributed by atoms with E-state index in [-0.39, 0.29) is 0 Å². The maximum atomic E-state index is 10.6. The van der Waals surface area contributed by atoms with E-state index in [1.165, 1.54) is 0 Å². The first-order valence-electron chi connectivity index (χ1n) is 5.02. The van der Waals surface area contributed by atoms with Crippen LogP contribution in [0.4, 0.5) is 0 Å². The number of rotatable bonds is 3. The molecule has 0 unspecified atom stereocenters. The van der Waals surface area contributed by atoms with Crippen molar-refractivity contribution in [2.75, 3.05) is 0 Å². The zero-order chi connectivity index (χ0) is 11.5. The fourth-order valence-corrected chi connectivity index (χ4v) is 1.81. The number of carbonyl (C=O) groups is 1. The van der Waals surface area contributed by atoms with Gasteiger partial charge in [-0.2, -0.15) is 5.10 Å². The van der Waals surface area contributed by atoms with Crippen LogP contribution in [-0.2, 0) is 6.54 Å². The van der Waals surface area contributed by atoms with Crippen LogP contribution in [0, 0.1) is 0 Å². The van der Waals surface area contributed by atoms with Gasteiger partial charge in [-0.1, -0.05) is 23.7 Å². The molecule has 82 valence electrons. The van der Waals surface area contributed by atoms with Gasteiger partial charge in [-0.25, -0.2) is 0 Å². The third-order valence-electron chi connectivity index (χ3n) is 2.40. The molecule has 0 fully saturated rings. The van der Waals surface area contributed by atoms with Crippen molar-refractivity contribution in [1.29, 1.82) is 0 Å². The zero-order valence-electron chi connectivity index (χ0n) is 8.85. The Morgan fingerprint density at radius 1 is 1.50 bits per heavy atom. The highest BCUT2D eigenvalue weighted by molar-refractivity contribution is 6.33. The Morgan fingerprint density at radius 3 is 2.88 bits per heavy atom. The van der Waals surface area contributed by atoms with E-state index in [0.717, 1.165) is 24.0 Å². The first-order valence-corrected chi connectivity index (χ1v) is 5.40. The normalized spacial score (nSPS) is 10.4. The lowest BCUT2D eigenvalue weighted by Gasteiger charge is -2.01. The standard InChI is InChI=1S/C12H11ClN2O/c1-2-15-7-10(6-14-15)11-4-3-9(8-16)5-12(11)13/h3-8H,2H2,1H3. The molecular weight excluding hydrogens is 224 g/mol. The molecule has 0 N–H and O–H groups in total. The molecule has 1 aromatic heterocycles. The minimum Gasteiger partial charge on any atom is -0.298 e. The molecule has 0 atom stereocenters. The molecule has 0 saturated carbocycles. The van der Waals surface area contributed by atoms with Gasteiger partial charge in [0.1, 0.15) is 6.29 Å². The first-order chi connectivity index (χ1) is 7.74. The SMILES string of the molecule is CCn1cc(-c2ccc(C=O)cc2Cl)cn1. The fraction of sp³-hybridized carbons (Fsp3) is 0.167. The Morgan fingerprint density at radius 2 is 2.31 bits per heavy atom. The number of halogens is 1. The quantitative estimate of drug-likeness (QED) is 0.766. The number of nitrogens with zero attached hydrogens (tertiary/aromatic N) is 2. The monoisotopic (exact) mass is 234 g/mol. The second kappa shape index (κ2) is 4.49. The van der Waals surface area contributed by atoms with Gasteiger partial charge in [-0.3, -0.25) is 9.48 Å². The van der Waals surface area contributed by atoms with Crippen LogP contribution in [-0.4, -0.2) is 16.1 Å². The molecule has 0 spiro atoms. The smallest absolute Gasteiger partial charge is 0.150 e. The molecule has 0 saturated heterocycles. The van der Waals surface area contributed by atoms with Gasteiger partial charge >= 0.3 is 0 Å². The number of hydrogen-bond donors (Lipinski definition) is 0. The lowest BCUT2D eigenvalue weighted by Crippen LogP contribution is -1.92. The van der Waals surface area contributed by atoms with E-state index in [2.05, 4.69) is 5.10 Å². The molecule has 1 aromatic carbocycles. The highest BCUT2D eigenvalue weighted by Crippen LogP contribution is 2.27. The van der Waals surface area contributed by atoms with Crippen LogP contribution in [0.25, 0.3) is 11.1 Å². The molecule has 0 aliphatic heterocycles. The molecule has 0 radical (unpaired) electrons.